The smallest absolute Gasteiger partial charge is 0.246 e. The fourth-order valence-corrected chi connectivity index (χ4v) is 4.17. The second kappa shape index (κ2) is 6.53. The largest absolute Gasteiger partial charge is 0.550 e. The van der Waals surface area contributed by atoms with Gasteiger partial charge in [0.15, 0.2) is 0 Å². The van der Waals surface area contributed by atoms with Gasteiger partial charge in [-0.2, -0.15) is 4.31 Å². The normalized spacial score (nSPS) is 19.6. The van der Waals surface area contributed by atoms with Crippen molar-refractivity contribution >= 4 is 16.0 Å². The molecular formula is C14H18NO6S-. The van der Waals surface area contributed by atoms with Gasteiger partial charge in [-0.25, -0.2) is 8.42 Å². The molecule has 8 heteroatoms. The molecule has 0 aromatic heterocycles. The molecule has 0 aliphatic carbocycles. The van der Waals surface area contributed by atoms with Crippen LogP contribution in [0.1, 0.15) is 12.8 Å². The first-order chi connectivity index (χ1) is 10.4. The van der Waals surface area contributed by atoms with Crippen LogP contribution in [-0.2, 0) is 14.8 Å². The Hall–Kier alpha value is -1.80. The molecule has 22 heavy (non-hydrogen) atoms. The van der Waals surface area contributed by atoms with Crippen molar-refractivity contribution in [2.45, 2.75) is 17.7 Å². The standard InChI is InChI=1S/C14H19NO6S/c1-20-11-5-6-12(21-2)13(8-11)22(18,19)15-7-3-4-10(9-15)14(16)17/h5-6,8,10H,3-4,7,9H2,1-2H3,(H,16,17)/p-1/t10-/m1/s1. The quantitative estimate of drug-likeness (QED) is 0.746. The van der Waals surface area contributed by atoms with Gasteiger partial charge in [-0.1, -0.05) is 0 Å². The molecular weight excluding hydrogens is 310 g/mol. The Morgan fingerprint density at radius 3 is 2.64 bits per heavy atom. The fourth-order valence-electron chi connectivity index (χ4n) is 2.48. The molecule has 1 atom stereocenters. The monoisotopic (exact) mass is 328 g/mol. The summed E-state index contributed by atoms with van der Waals surface area (Å²) in [5.41, 5.74) is 0. The molecule has 0 spiro atoms. The summed E-state index contributed by atoms with van der Waals surface area (Å²) in [6.07, 6.45) is 0.897. The number of carbonyl (C=O) groups is 1. The molecule has 1 fully saturated rings. The van der Waals surface area contributed by atoms with Crippen LogP contribution >= 0.6 is 0 Å². The summed E-state index contributed by atoms with van der Waals surface area (Å²) in [4.78, 5) is 11.0. The first-order valence-electron chi connectivity index (χ1n) is 6.83. The summed E-state index contributed by atoms with van der Waals surface area (Å²) in [6, 6.07) is 4.47. The Morgan fingerprint density at radius 2 is 2.05 bits per heavy atom. The van der Waals surface area contributed by atoms with E-state index < -0.39 is 21.9 Å². The second-order valence-corrected chi connectivity index (χ2v) is 6.94. The third-order valence-corrected chi connectivity index (χ3v) is 5.59. The number of hydrogen-bond donors (Lipinski definition) is 0. The highest BCUT2D eigenvalue weighted by Gasteiger charge is 2.33. The number of benzene rings is 1. The SMILES string of the molecule is COc1ccc(OC)c(S(=O)(=O)N2CCC[C@@H](C(=O)[O-])C2)c1. The van der Waals surface area contributed by atoms with Gasteiger partial charge < -0.3 is 19.4 Å². The number of hydrogen-bond acceptors (Lipinski definition) is 6. The van der Waals surface area contributed by atoms with Crippen LogP contribution in [-0.4, -0.2) is 46.0 Å². The zero-order valence-corrected chi connectivity index (χ0v) is 13.3. The maximum atomic E-state index is 12.8. The molecule has 1 aromatic rings. The zero-order chi connectivity index (χ0) is 16.3. The minimum absolute atomic E-state index is 0.0339. The molecule has 0 unspecified atom stereocenters. The lowest BCUT2D eigenvalue weighted by atomic mass is 10.0. The fraction of sp³-hybridized carbons (Fsp3) is 0.500. The maximum absolute atomic E-state index is 12.8. The first-order valence-corrected chi connectivity index (χ1v) is 8.27. The van der Waals surface area contributed by atoms with Gasteiger partial charge in [0, 0.05) is 31.0 Å². The third-order valence-electron chi connectivity index (χ3n) is 3.71. The Bertz CT molecular complexity index is 657. The summed E-state index contributed by atoms with van der Waals surface area (Å²) < 4.78 is 36.9. The third kappa shape index (κ3) is 3.17. The first kappa shape index (κ1) is 16.6. The Labute approximate surface area is 129 Å². The number of nitrogens with zero attached hydrogens (tertiary/aromatic N) is 1. The molecule has 1 saturated heterocycles. The van der Waals surface area contributed by atoms with E-state index in [2.05, 4.69) is 0 Å². The number of methoxy groups -OCH3 is 2. The highest BCUT2D eigenvalue weighted by atomic mass is 32.2. The predicted octanol–water partition coefficient (Wildman–Crippen LogP) is -0.146. The van der Waals surface area contributed by atoms with E-state index in [1.165, 1.54) is 26.4 Å². The van der Waals surface area contributed by atoms with Gasteiger partial charge in [-0.15, -0.1) is 0 Å². The van der Waals surface area contributed by atoms with Crippen molar-refractivity contribution < 1.29 is 27.8 Å². The van der Waals surface area contributed by atoms with E-state index in [-0.39, 0.29) is 23.7 Å². The van der Waals surface area contributed by atoms with Crippen LogP contribution in [0.5, 0.6) is 11.5 Å². The number of carbonyl (C=O) groups excluding carboxylic acids is 1. The van der Waals surface area contributed by atoms with Crippen molar-refractivity contribution in [1.82, 2.24) is 4.31 Å². The molecule has 1 heterocycles. The number of carboxylic acids is 1. The summed E-state index contributed by atoms with van der Waals surface area (Å²) in [5, 5.41) is 11.0. The Kier molecular flexibility index (Phi) is 4.92. The van der Waals surface area contributed by atoms with Crippen LogP contribution in [0.4, 0.5) is 0 Å². The van der Waals surface area contributed by atoms with Crippen LogP contribution in [0.25, 0.3) is 0 Å². The van der Waals surface area contributed by atoms with E-state index in [4.69, 9.17) is 9.47 Å². The van der Waals surface area contributed by atoms with Crippen LogP contribution in [0.3, 0.4) is 0 Å². The molecule has 1 aromatic carbocycles. The van der Waals surface area contributed by atoms with E-state index in [0.29, 0.717) is 18.6 Å². The van der Waals surface area contributed by atoms with Crippen molar-refractivity contribution in [2.24, 2.45) is 5.92 Å². The summed E-state index contributed by atoms with van der Waals surface area (Å²) >= 11 is 0. The van der Waals surface area contributed by atoms with E-state index in [9.17, 15) is 18.3 Å². The van der Waals surface area contributed by atoms with E-state index >= 15 is 0 Å². The lowest BCUT2D eigenvalue weighted by Crippen LogP contribution is -2.46. The number of piperidine rings is 1. The summed E-state index contributed by atoms with van der Waals surface area (Å²) in [5.74, 6) is -1.44. The Balaban J connectivity index is 2.39. The second-order valence-electron chi connectivity index (χ2n) is 5.04. The van der Waals surface area contributed by atoms with E-state index in [0.717, 1.165) is 4.31 Å². The number of carboxylic acid groups (broad SMARTS) is 1. The minimum atomic E-state index is -3.87. The average molecular weight is 328 g/mol. The highest BCUT2D eigenvalue weighted by Crippen LogP contribution is 2.32. The predicted molar refractivity (Wildman–Crippen MR) is 76.0 cm³/mol. The number of sulfonamides is 1. The van der Waals surface area contributed by atoms with E-state index in [1.807, 2.05) is 0 Å². The average Bonchev–Trinajstić information content (AvgIpc) is 2.54. The van der Waals surface area contributed by atoms with Crippen molar-refractivity contribution in [3.63, 3.8) is 0 Å². The molecule has 0 saturated carbocycles. The molecule has 1 aliphatic rings. The molecule has 0 radical (unpaired) electrons. The van der Waals surface area contributed by atoms with Crippen molar-refractivity contribution in [3.05, 3.63) is 18.2 Å². The molecule has 0 amide bonds. The number of aliphatic carboxylic acids is 1. The van der Waals surface area contributed by atoms with Crippen molar-refractivity contribution in [2.75, 3.05) is 27.3 Å². The van der Waals surface area contributed by atoms with Gasteiger partial charge in [-0.05, 0) is 25.0 Å². The van der Waals surface area contributed by atoms with Gasteiger partial charge in [0.05, 0.1) is 14.2 Å². The lowest BCUT2D eigenvalue weighted by Gasteiger charge is -2.32. The summed E-state index contributed by atoms with van der Waals surface area (Å²) in [7, 11) is -1.05. The molecule has 1 aliphatic heterocycles. The zero-order valence-electron chi connectivity index (χ0n) is 12.4. The van der Waals surface area contributed by atoms with Crippen LogP contribution < -0.4 is 14.6 Å². The molecule has 122 valence electrons. The van der Waals surface area contributed by atoms with Crippen molar-refractivity contribution in [3.8, 4) is 11.5 Å². The van der Waals surface area contributed by atoms with Crippen LogP contribution in [0.15, 0.2) is 23.1 Å². The Morgan fingerprint density at radius 1 is 1.32 bits per heavy atom. The van der Waals surface area contributed by atoms with Crippen LogP contribution in [0, 0.1) is 5.92 Å². The molecule has 0 bridgehead atoms. The molecule has 0 N–H and O–H groups in total. The highest BCUT2D eigenvalue weighted by molar-refractivity contribution is 7.89. The van der Waals surface area contributed by atoms with Gasteiger partial charge in [0.1, 0.15) is 16.4 Å². The van der Waals surface area contributed by atoms with Crippen molar-refractivity contribution in [1.29, 1.82) is 0 Å². The lowest BCUT2D eigenvalue weighted by molar-refractivity contribution is -0.312. The minimum Gasteiger partial charge on any atom is -0.550 e. The summed E-state index contributed by atoms with van der Waals surface area (Å²) in [6.45, 7) is 0.178. The van der Waals surface area contributed by atoms with Gasteiger partial charge >= 0.3 is 0 Å². The molecule has 2 rings (SSSR count). The topological polar surface area (TPSA) is 96.0 Å². The molecule has 7 nitrogen and oxygen atoms in total. The van der Waals surface area contributed by atoms with Crippen LogP contribution in [0.2, 0.25) is 0 Å². The van der Waals surface area contributed by atoms with Gasteiger partial charge in [0.25, 0.3) is 0 Å². The number of rotatable bonds is 5. The maximum Gasteiger partial charge on any atom is 0.246 e. The van der Waals surface area contributed by atoms with Gasteiger partial charge in [-0.3, -0.25) is 0 Å². The van der Waals surface area contributed by atoms with E-state index in [1.54, 1.807) is 6.07 Å². The van der Waals surface area contributed by atoms with Gasteiger partial charge in [0.2, 0.25) is 10.0 Å². The number of ether oxygens (including phenoxy) is 2.